The van der Waals surface area contributed by atoms with E-state index in [9.17, 15) is 13.2 Å². The van der Waals surface area contributed by atoms with Crippen molar-refractivity contribution in [3.05, 3.63) is 53.1 Å². The molecule has 0 unspecified atom stereocenters. The summed E-state index contributed by atoms with van der Waals surface area (Å²) in [5, 5.41) is 3.35. The second-order valence-corrected chi connectivity index (χ2v) is 6.03. The molecule has 2 aromatic carbocycles. The van der Waals surface area contributed by atoms with Crippen LogP contribution in [0.2, 0.25) is 0 Å². The summed E-state index contributed by atoms with van der Waals surface area (Å²) < 4.78 is 38.3. The Kier molecular flexibility index (Phi) is 5.45. The van der Waals surface area contributed by atoms with Gasteiger partial charge < -0.3 is 10.2 Å². The maximum atomic E-state index is 12.8. The molecule has 130 valence electrons. The Morgan fingerprint density at radius 1 is 1.04 bits per heavy atom. The fraction of sp³-hybridized carbons (Fsp3) is 0.333. The van der Waals surface area contributed by atoms with E-state index in [2.05, 4.69) is 17.4 Å². The molecule has 0 saturated carbocycles. The van der Waals surface area contributed by atoms with Crippen molar-refractivity contribution in [1.82, 2.24) is 5.32 Å². The molecular weight excluding hydrogens is 337 g/mol. The second-order valence-electron chi connectivity index (χ2n) is 6.03. The summed E-state index contributed by atoms with van der Waals surface area (Å²) in [5.41, 5.74) is 4.76. The van der Waals surface area contributed by atoms with Gasteiger partial charge in [0.1, 0.15) is 0 Å². The predicted molar refractivity (Wildman–Crippen MR) is 93.9 cm³/mol. The van der Waals surface area contributed by atoms with Gasteiger partial charge in [-0.25, -0.2) is 0 Å². The topological polar surface area (TPSA) is 15.3 Å². The molecule has 2 nitrogen and oxygen atoms in total. The Hall–Kier alpha value is -1.72. The zero-order chi connectivity index (χ0) is 16.6. The lowest BCUT2D eigenvalue weighted by Crippen LogP contribution is -2.24. The van der Waals surface area contributed by atoms with Crippen LogP contribution in [0, 0.1) is 0 Å². The quantitative estimate of drug-likeness (QED) is 0.852. The molecule has 1 aliphatic rings. The van der Waals surface area contributed by atoms with Gasteiger partial charge in [-0.3, -0.25) is 0 Å². The summed E-state index contributed by atoms with van der Waals surface area (Å²) in [6.07, 6.45) is -3.41. The van der Waals surface area contributed by atoms with Crippen LogP contribution in [0.15, 0.2) is 36.4 Å². The lowest BCUT2D eigenvalue weighted by Gasteiger charge is -2.24. The number of hydrogen-bond acceptors (Lipinski definition) is 2. The molecule has 0 spiro atoms. The molecule has 0 atom stereocenters. The molecule has 0 fully saturated rings. The van der Waals surface area contributed by atoms with Crippen molar-refractivity contribution in [2.24, 2.45) is 0 Å². The number of nitrogens with one attached hydrogen (secondary N) is 1. The van der Waals surface area contributed by atoms with Gasteiger partial charge in [-0.15, -0.1) is 12.4 Å². The number of halogens is 4. The average molecular weight is 357 g/mol. The number of anilines is 1. The molecular formula is C18H20ClF3N2. The third kappa shape index (κ3) is 3.68. The van der Waals surface area contributed by atoms with Gasteiger partial charge in [0.15, 0.2) is 0 Å². The highest BCUT2D eigenvalue weighted by Crippen LogP contribution is 2.35. The standard InChI is InChI=1S/C18H19F3N2.ClH/c1-23(2)15-9-13-11-22-8-7-16(13)17(10-15)12-3-5-14(6-4-12)18(19,20)21;/h3-6,9-10,22H,7-8,11H2,1-2H3;1H. The molecule has 6 heteroatoms. The Morgan fingerprint density at radius 3 is 2.29 bits per heavy atom. The van der Waals surface area contributed by atoms with Crippen LogP contribution >= 0.6 is 12.4 Å². The number of fused-ring (bicyclic) bond motifs is 1. The Morgan fingerprint density at radius 2 is 1.71 bits per heavy atom. The highest BCUT2D eigenvalue weighted by atomic mass is 35.5. The van der Waals surface area contributed by atoms with Crippen molar-refractivity contribution in [2.75, 3.05) is 25.5 Å². The van der Waals surface area contributed by atoms with E-state index in [-0.39, 0.29) is 12.4 Å². The Balaban J connectivity index is 0.00000208. The second kappa shape index (κ2) is 7.03. The lowest BCUT2D eigenvalue weighted by atomic mass is 9.90. The Labute approximate surface area is 146 Å². The average Bonchev–Trinajstić information content (AvgIpc) is 2.53. The van der Waals surface area contributed by atoms with Crippen LogP contribution in [0.5, 0.6) is 0 Å². The van der Waals surface area contributed by atoms with Gasteiger partial charge in [-0.2, -0.15) is 13.2 Å². The normalized spacial score (nSPS) is 13.9. The summed E-state index contributed by atoms with van der Waals surface area (Å²) in [6.45, 7) is 1.69. The van der Waals surface area contributed by atoms with Crippen molar-refractivity contribution in [3.63, 3.8) is 0 Å². The first-order valence-corrected chi connectivity index (χ1v) is 7.58. The van der Waals surface area contributed by atoms with Crippen molar-refractivity contribution >= 4 is 18.1 Å². The van der Waals surface area contributed by atoms with Crippen LogP contribution < -0.4 is 10.2 Å². The fourth-order valence-corrected chi connectivity index (χ4v) is 2.96. The van der Waals surface area contributed by atoms with E-state index in [4.69, 9.17) is 0 Å². The van der Waals surface area contributed by atoms with Crippen LogP contribution in [-0.4, -0.2) is 20.6 Å². The lowest BCUT2D eigenvalue weighted by molar-refractivity contribution is -0.137. The number of hydrogen-bond donors (Lipinski definition) is 1. The zero-order valence-electron chi connectivity index (χ0n) is 13.6. The maximum absolute atomic E-state index is 12.8. The van der Waals surface area contributed by atoms with Gasteiger partial charge in [-0.1, -0.05) is 12.1 Å². The first kappa shape index (κ1) is 18.6. The molecule has 0 bridgehead atoms. The molecule has 0 aliphatic carbocycles. The number of benzene rings is 2. The molecule has 24 heavy (non-hydrogen) atoms. The van der Waals surface area contributed by atoms with E-state index in [0.29, 0.717) is 0 Å². The summed E-state index contributed by atoms with van der Waals surface area (Å²) in [6, 6.07) is 9.66. The first-order chi connectivity index (χ1) is 10.9. The third-order valence-electron chi connectivity index (χ3n) is 4.23. The van der Waals surface area contributed by atoms with Crippen LogP contribution in [0.3, 0.4) is 0 Å². The zero-order valence-corrected chi connectivity index (χ0v) is 14.4. The van der Waals surface area contributed by atoms with E-state index < -0.39 is 11.7 Å². The summed E-state index contributed by atoms with van der Waals surface area (Å²) >= 11 is 0. The number of alkyl halides is 3. The smallest absolute Gasteiger partial charge is 0.378 e. The highest BCUT2D eigenvalue weighted by molar-refractivity contribution is 5.85. The first-order valence-electron chi connectivity index (χ1n) is 7.58. The minimum atomic E-state index is -4.30. The van der Waals surface area contributed by atoms with Gasteiger partial charge in [0.25, 0.3) is 0 Å². The van der Waals surface area contributed by atoms with Crippen LogP contribution in [0.1, 0.15) is 16.7 Å². The summed E-state index contributed by atoms with van der Waals surface area (Å²) in [5.74, 6) is 0. The molecule has 0 radical (unpaired) electrons. The molecule has 0 amide bonds. The molecule has 2 aromatic rings. The minimum absolute atomic E-state index is 0. The number of rotatable bonds is 2. The van der Waals surface area contributed by atoms with Gasteiger partial charge in [0.2, 0.25) is 0 Å². The molecule has 0 aromatic heterocycles. The van der Waals surface area contributed by atoms with Crippen molar-refractivity contribution < 1.29 is 13.2 Å². The van der Waals surface area contributed by atoms with Gasteiger partial charge in [-0.05, 0) is 59.5 Å². The van der Waals surface area contributed by atoms with E-state index in [1.807, 2.05) is 19.0 Å². The molecule has 0 saturated heterocycles. The Bertz CT molecular complexity index is 709. The largest absolute Gasteiger partial charge is 0.416 e. The molecule has 1 N–H and O–H groups in total. The maximum Gasteiger partial charge on any atom is 0.416 e. The van der Waals surface area contributed by atoms with Gasteiger partial charge in [0, 0.05) is 26.3 Å². The third-order valence-corrected chi connectivity index (χ3v) is 4.23. The minimum Gasteiger partial charge on any atom is -0.378 e. The summed E-state index contributed by atoms with van der Waals surface area (Å²) in [7, 11) is 3.93. The molecule has 1 aliphatic heterocycles. The van der Waals surface area contributed by atoms with Crippen LogP contribution in [0.4, 0.5) is 18.9 Å². The van der Waals surface area contributed by atoms with Crippen molar-refractivity contribution in [2.45, 2.75) is 19.1 Å². The monoisotopic (exact) mass is 356 g/mol. The molecule has 1 heterocycles. The predicted octanol–water partition coefficient (Wildman–Crippen LogP) is 4.51. The number of nitrogens with zero attached hydrogens (tertiary/aromatic N) is 1. The van der Waals surface area contributed by atoms with Crippen molar-refractivity contribution in [1.29, 1.82) is 0 Å². The van der Waals surface area contributed by atoms with E-state index in [1.165, 1.54) is 11.1 Å². The van der Waals surface area contributed by atoms with E-state index >= 15 is 0 Å². The highest BCUT2D eigenvalue weighted by Gasteiger charge is 2.30. The van der Waals surface area contributed by atoms with E-state index in [0.717, 1.165) is 48.5 Å². The SMILES string of the molecule is CN(C)c1cc2c(c(-c3ccc(C(F)(F)F)cc3)c1)CCNC2.Cl. The summed E-state index contributed by atoms with van der Waals surface area (Å²) in [4.78, 5) is 2.02. The van der Waals surface area contributed by atoms with Gasteiger partial charge >= 0.3 is 6.18 Å². The van der Waals surface area contributed by atoms with Crippen molar-refractivity contribution in [3.8, 4) is 11.1 Å². The van der Waals surface area contributed by atoms with Gasteiger partial charge in [0.05, 0.1) is 5.56 Å². The van der Waals surface area contributed by atoms with Crippen LogP contribution in [-0.2, 0) is 19.1 Å². The van der Waals surface area contributed by atoms with Crippen LogP contribution in [0.25, 0.3) is 11.1 Å². The van der Waals surface area contributed by atoms with E-state index in [1.54, 1.807) is 12.1 Å². The fourth-order valence-electron chi connectivity index (χ4n) is 2.96. The molecule has 3 rings (SSSR count).